The molecule has 8 nitrogen and oxygen atoms in total. The van der Waals surface area contributed by atoms with Crippen LogP contribution in [0.2, 0.25) is 0 Å². The number of aromatic nitrogens is 2. The quantitative estimate of drug-likeness (QED) is 0.0518. The normalized spacial score (nSPS) is 13.2. The van der Waals surface area contributed by atoms with Gasteiger partial charge in [-0.1, -0.05) is 182 Å². The molecular formula is C50H95N3O5. The van der Waals surface area contributed by atoms with Crippen LogP contribution in [0.4, 0.5) is 0 Å². The first-order chi connectivity index (χ1) is 28.4. The zero-order chi connectivity index (χ0) is 42.2. The van der Waals surface area contributed by atoms with Gasteiger partial charge in [0.1, 0.15) is 0 Å². The number of imidazole rings is 1. The van der Waals surface area contributed by atoms with Gasteiger partial charge in [0.15, 0.2) is 0 Å². The Morgan fingerprint density at radius 1 is 0.534 bits per heavy atom. The predicted octanol–water partition coefficient (Wildman–Crippen LogP) is 13.4. The minimum atomic E-state index is -0.453. The average Bonchev–Trinajstić information content (AvgIpc) is 3.73. The Balaban J connectivity index is 2.43. The van der Waals surface area contributed by atoms with Gasteiger partial charge in [-0.3, -0.25) is 9.59 Å². The molecule has 0 saturated heterocycles. The first kappa shape index (κ1) is 54.1. The summed E-state index contributed by atoms with van der Waals surface area (Å²) in [6.07, 6.45) is 41.8. The molecule has 58 heavy (non-hydrogen) atoms. The highest BCUT2D eigenvalue weighted by atomic mass is 16.5. The van der Waals surface area contributed by atoms with Crippen molar-refractivity contribution in [1.29, 1.82) is 0 Å². The second kappa shape index (κ2) is 40.5. The summed E-state index contributed by atoms with van der Waals surface area (Å²) in [6.45, 7) is 13.1. The van der Waals surface area contributed by atoms with Gasteiger partial charge in [-0.05, 0) is 64.5 Å². The van der Waals surface area contributed by atoms with Crippen LogP contribution in [-0.2, 0) is 25.6 Å². The van der Waals surface area contributed by atoms with E-state index in [4.69, 9.17) is 9.47 Å². The molecule has 1 N–H and O–H groups in total. The van der Waals surface area contributed by atoms with Crippen LogP contribution in [0.15, 0.2) is 18.7 Å². The molecule has 8 heteroatoms. The summed E-state index contributed by atoms with van der Waals surface area (Å²) in [5.74, 6) is 0.202. The fourth-order valence-electron chi connectivity index (χ4n) is 8.19. The molecule has 3 unspecified atom stereocenters. The van der Waals surface area contributed by atoms with Crippen molar-refractivity contribution in [3.63, 3.8) is 0 Å². The molecule has 1 heterocycles. The van der Waals surface area contributed by atoms with E-state index < -0.39 is 6.10 Å². The molecule has 0 spiro atoms. The maximum Gasteiger partial charge on any atom is 0.308 e. The summed E-state index contributed by atoms with van der Waals surface area (Å²) < 4.78 is 13.6. The second-order valence-corrected chi connectivity index (χ2v) is 17.6. The summed E-state index contributed by atoms with van der Waals surface area (Å²) >= 11 is 0. The molecule has 1 aromatic heterocycles. The third-order valence-corrected chi connectivity index (χ3v) is 12.0. The van der Waals surface area contributed by atoms with E-state index >= 15 is 0 Å². The zero-order valence-corrected chi connectivity index (χ0v) is 38.8. The number of nitrogens with zero attached hydrogens (tertiary/aromatic N) is 3. The van der Waals surface area contributed by atoms with Crippen LogP contribution in [0, 0.1) is 11.8 Å². The molecule has 0 saturated carbocycles. The topological polar surface area (TPSA) is 93.9 Å². The van der Waals surface area contributed by atoms with Gasteiger partial charge in [-0.25, -0.2) is 4.98 Å². The first-order valence-electron chi connectivity index (χ1n) is 25.1. The van der Waals surface area contributed by atoms with E-state index in [1.165, 1.54) is 103 Å². The number of aliphatic hydroxyl groups is 1. The number of ether oxygens (including phenoxy) is 2. The number of unbranched alkanes of at least 4 members (excludes halogenated alkanes) is 22. The molecule has 1 rings (SSSR count). The van der Waals surface area contributed by atoms with Gasteiger partial charge < -0.3 is 24.0 Å². The molecule has 0 amide bonds. The number of hydrogen-bond donors (Lipinski definition) is 1. The Hall–Kier alpha value is -1.93. The number of esters is 2. The average molecular weight is 818 g/mol. The fourth-order valence-corrected chi connectivity index (χ4v) is 8.19. The van der Waals surface area contributed by atoms with Gasteiger partial charge in [-0.2, -0.15) is 0 Å². The summed E-state index contributed by atoms with van der Waals surface area (Å²) in [6, 6.07) is 0. The van der Waals surface area contributed by atoms with Gasteiger partial charge in [-0.15, -0.1) is 0 Å². The van der Waals surface area contributed by atoms with Crippen LogP contribution in [0.25, 0.3) is 0 Å². The van der Waals surface area contributed by atoms with Crippen LogP contribution in [0.3, 0.4) is 0 Å². The Labute approximate surface area is 358 Å². The SMILES string of the molecule is CCCCCCCCC(CCCCCC)C(=O)OCCCCCCN(CCCCCCOC(=O)C(CCCCCC)CCCCCCCC)CC(O)Cn1ccnc1. The molecular weight excluding hydrogens is 723 g/mol. The largest absolute Gasteiger partial charge is 0.465 e. The van der Waals surface area contributed by atoms with Gasteiger partial charge in [0, 0.05) is 18.9 Å². The number of rotatable bonds is 44. The minimum absolute atomic E-state index is 0.0340. The molecule has 0 aliphatic carbocycles. The van der Waals surface area contributed by atoms with Crippen molar-refractivity contribution in [2.24, 2.45) is 11.8 Å². The van der Waals surface area contributed by atoms with Crippen LogP contribution < -0.4 is 0 Å². The Morgan fingerprint density at radius 2 is 0.897 bits per heavy atom. The molecule has 0 bridgehead atoms. The number of aliphatic hydroxyl groups excluding tert-OH is 1. The molecule has 340 valence electrons. The minimum Gasteiger partial charge on any atom is -0.465 e. The maximum absolute atomic E-state index is 13.0. The highest BCUT2D eigenvalue weighted by Gasteiger charge is 2.21. The standard InChI is InChI=1S/C50H95N3O5/c1-5-9-13-17-19-27-35-46(33-25-15-11-7-3)49(55)57-41-31-23-21-29-38-52(43-48(54)44-53-40-37-51-45-53)39-30-22-24-32-42-58-50(56)47(34-26-16-12-8-4)36-28-20-18-14-10-6-2/h37,40,45-48,54H,5-36,38-39,41-44H2,1-4H3. The first-order valence-corrected chi connectivity index (χ1v) is 25.1. The van der Waals surface area contributed by atoms with Crippen molar-refractivity contribution in [3.05, 3.63) is 18.7 Å². The van der Waals surface area contributed by atoms with Gasteiger partial charge >= 0.3 is 11.9 Å². The fraction of sp³-hybridized carbons (Fsp3) is 0.900. The van der Waals surface area contributed by atoms with Crippen LogP contribution in [0.5, 0.6) is 0 Å². The highest BCUT2D eigenvalue weighted by Crippen LogP contribution is 2.22. The lowest BCUT2D eigenvalue weighted by atomic mass is 9.94. The third-order valence-electron chi connectivity index (χ3n) is 12.0. The van der Waals surface area contributed by atoms with Crippen molar-refractivity contribution in [2.75, 3.05) is 32.8 Å². The van der Waals surface area contributed by atoms with Crippen LogP contribution in [-0.4, -0.2) is 70.4 Å². The molecule has 0 aliphatic heterocycles. The van der Waals surface area contributed by atoms with Crippen molar-refractivity contribution < 1.29 is 24.2 Å². The van der Waals surface area contributed by atoms with Crippen LogP contribution in [0.1, 0.15) is 233 Å². The smallest absolute Gasteiger partial charge is 0.308 e. The van der Waals surface area contributed by atoms with Crippen LogP contribution >= 0.6 is 0 Å². The lowest BCUT2D eigenvalue weighted by Crippen LogP contribution is -2.36. The van der Waals surface area contributed by atoms with E-state index in [1.807, 2.05) is 10.8 Å². The van der Waals surface area contributed by atoms with E-state index in [2.05, 4.69) is 37.6 Å². The Morgan fingerprint density at radius 3 is 1.29 bits per heavy atom. The number of hydrogen-bond acceptors (Lipinski definition) is 7. The molecule has 0 radical (unpaired) electrons. The van der Waals surface area contributed by atoms with E-state index in [0.29, 0.717) is 26.3 Å². The molecule has 1 aromatic rings. The summed E-state index contributed by atoms with van der Waals surface area (Å²) in [7, 11) is 0. The Kier molecular flexibility index (Phi) is 37.7. The van der Waals surface area contributed by atoms with Gasteiger partial charge in [0.25, 0.3) is 0 Å². The molecule has 0 aromatic carbocycles. The Bertz CT molecular complexity index is 963. The van der Waals surface area contributed by atoms with E-state index in [-0.39, 0.29) is 23.8 Å². The predicted molar refractivity (Wildman–Crippen MR) is 244 cm³/mol. The third kappa shape index (κ3) is 31.9. The lowest BCUT2D eigenvalue weighted by Gasteiger charge is -2.25. The van der Waals surface area contributed by atoms with Gasteiger partial charge in [0.05, 0.1) is 44.0 Å². The summed E-state index contributed by atoms with van der Waals surface area (Å²) in [5.41, 5.74) is 0. The molecule has 3 atom stereocenters. The highest BCUT2D eigenvalue weighted by molar-refractivity contribution is 5.72. The second-order valence-electron chi connectivity index (χ2n) is 17.6. The van der Waals surface area contributed by atoms with Crippen molar-refractivity contribution in [1.82, 2.24) is 14.5 Å². The maximum atomic E-state index is 13.0. The van der Waals surface area contributed by atoms with E-state index in [9.17, 15) is 14.7 Å². The van der Waals surface area contributed by atoms with Crippen molar-refractivity contribution in [3.8, 4) is 0 Å². The van der Waals surface area contributed by atoms with Gasteiger partial charge in [0.2, 0.25) is 0 Å². The summed E-state index contributed by atoms with van der Waals surface area (Å²) in [5, 5.41) is 10.9. The lowest BCUT2D eigenvalue weighted by molar-refractivity contribution is -0.150. The zero-order valence-electron chi connectivity index (χ0n) is 38.8. The van der Waals surface area contributed by atoms with Crippen molar-refractivity contribution in [2.45, 2.75) is 246 Å². The van der Waals surface area contributed by atoms with E-state index in [1.54, 1.807) is 12.5 Å². The van der Waals surface area contributed by atoms with E-state index in [0.717, 1.165) is 116 Å². The number of carbonyl (C=O) groups is 2. The molecule has 0 aliphatic rings. The summed E-state index contributed by atoms with van der Waals surface area (Å²) in [4.78, 5) is 32.6. The monoisotopic (exact) mass is 818 g/mol. The number of carbonyl (C=O) groups excluding carboxylic acids is 2. The molecule has 0 fully saturated rings. The van der Waals surface area contributed by atoms with Crippen molar-refractivity contribution >= 4 is 11.9 Å².